The Kier molecular flexibility index (Phi) is 3.86. The van der Waals surface area contributed by atoms with E-state index in [-0.39, 0.29) is 0 Å². The molecule has 2 unspecified atom stereocenters. The first-order chi connectivity index (χ1) is 7.78. The van der Waals surface area contributed by atoms with Gasteiger partial charge in [-0.1, -0.05) is 26.2 Å². The van der Waals surface area contributed by atoms with Crippen LogP contribution in [0, 0.1) is 11.8 Å². The highest BCUT2D eigenvalue weighted by Crippen LogP contribution is 2.30. The second-order valence-electron chi connectivity index (χ2n) is 5.09. The van der Waals surface area contributed by atoms with Crippen molar-refractivity contribution in [3.05, 3.63) is 12.4 Å². The van der Waals surface area contributed by atoms with E-state index in [4.69, 9.17) is 0 Å². The Hall–Kier alpha value is -0.990. The Bertz CT molecular complexity index is 319. The summed E-state index contributed by atoms with van der Waals surface area (Å²) in [5.41, 5.74) is 1.15. The summed E-state index contributed by atoms with van der Waals surface area (Å²) in [6, 6.07) is 0. The molecule has 0 aliphatic heterocycles. The van der Waals surface area contributed by atoms with Crippen LogP contribution >= 0.6 is 0 Å². The molecule has 1 aromatic rings. The van der Waals surface area contributed by atoms with Crippen molar-refractivity contribution in [1.29, 1.82) is 0 Å². The molecule has 1 heterocycles. The maximum atomic E-state index is 4.17. The van der Waals surface area contributed by atoms with Crippen LogP contribution in [0.5, 0.6) is 0 Å². The number of aromatic nitrogens is 2. The van der Waals surface area contributed by atoms with E-state index in [9.17, 15) is 0 Å². The van der Waals surface area contributed by atoms with Gasteiger partial charge >= 0.3 is 0 Å². The van der Waals surface area contributed by atoms with Gasteiger partial charge in [0.2, 0.25) is 0 Å². The first kappa shape index (κ1) is 11.5. The zero-order valence-electron chi connectivity index (χ0n) is 10.4. The Balaban J connectivity index is 1.77. The van der Waals surface area contributed by atoms with Crippen molar-refractivity contribution >= 4 is 5.69 Å². The molecule has 1 aliphatic rings. The first-order valence-corrected chi connectivity index (χ1v) is 6.50. The van der Waals surface area contributed by atoms with Gasteiger partial charge in [0.15, 0.2) is 0 Å². The third-order valence-corrected chi connectivity index (χ3v) is 3.77. The summed E-state index contributed by atoms with van der Waals surface area (Å²) in [5.74, 6) is 1.83. The van der Waals surface area contributed by atoms with Crippen LogP contribution in [0.4, 0.5) is 5.69 Å². The van der Waals surface area contributed by atoms with E-state index in [2.05, 4.69) is 17.3 Å². The fraction of sp³-hybridized carbons (Fsp3) is 0.769. The summed E-state index contributed by atoms with van der Waals surface area (Å²) in [5, 5.41) is 7.66. The predicted molar refractivity (Wildman–Crippen MR) is 67.4 cm³/mol. The molecular weight excluding hydrogens is 198 g/mol. The molecule has 1 fully saturated rings. The lowest BCUT2D eigenvalue weighted by Crippen LogP contribution is -2.21. The Morgan fingerprint density at radius 3 is 2.94 bits per heavy atom. The minimum atomic E-state index is 0.860. The molecular formula is C13H23N3. The van der Waals surface area contributed by atoms with Gasteiger partial charge in [0, 0.05) is 19.8 Å². The van der Waals surface area contributed by atoms with Crippen LogP contribution in [0.1, 0.15) is 39.0 Å². The molecule has 1 aliphatic carbocycles. The van der Waals surface area contributed by atoms with Crippen LogP contribution in [0.25, 0.3) is 0 Å². The van der Waals surface area contributed by atoms with Crippen molar-refractivity contribution in [3.8, 4) is 0 Å². The lowest BCUT2D eigenvalue weighted by molar-refractivity contribution is 0.270. The molecule has 16 heavy (non-hydrogen) atoms. The molecule has 0 radical (unpaired) electrons. The molecule has 1 N–H and O–H groups in total. The van der Waals surface area contributed by atoms with E-state index in [0.29, 0.717) is 0 Å². The number of nitrogens with one attached hydrogen (secondary N) is 1. The zero-order chi connectivity index (χ0) is 11.4. The normalized spacial score (nSPS) is 25.6. The number of aryl methyl sites for hydroxylation is 1. The van der Waals surface area contributed by atoms with Gasteiger partial charge in [0.1, 0.15) is 0 Å². The van der Waals surface area contributed by atoms with Gasteiger partial charge in [-0.3, -0.25) is 4.68 Å². The Morgan fingerprint density at radius 1 is 1.44 bits per heavy atom. The smallest absolute Gasteiger partial charge is 0.0726 e. The van der Waals surface area contributed by atoms with E-state index >= 15 is 0 Å². The van der Waals surface area contributed by atoms with E-state index in [0.717, 1.165) is 24.1 Å². The van der Waals surface area contributed by atoms with Crippen molar-refractivity contribution in [1.82, 2.24) is 9.78 Å². The molecule has 0 amide bonds. The molecule has 2 rings (SSSR count). The standard InChI is InChI=1S/C13H23N3/c1-3-11-5-4-6-12(7-11)8-14-13-9-15-16(2)10-13/h9-12,14H,3-8H2,1-2H3. The van der Waals surface area contributed by atoms with Gasteiger partial charge in [0.25, 0.3) is 0 Å². The van der Waals surface area contributed by atoms with Crippen molar-refractivity contribution in [3.63, 3.8) is 0 Å². The van der Waals surface area contributed by atoms with Crippen molar-refractivity contribution in [2.24, 2.45) is 18.9 Å². The predicted octanol–water partition coefficient (Wildman–Crippen LogP) is 3.05. The van der Waals surface area contributed by atoms with E-state index < -0.39 is 0 Å². The molecule has 1 saturated carbocycles. The number of nitrogens with zero attached hydrogens (tertiary/aromatic N) is 2. The summed E-state index contributed by atoms with van der Waals surface area (Å²) in [7, 11) is 1.96. The molecule has 2 atom stereocenters. The van der Waals surface area contributed by atoms with Gasteiger partial charge in [-0.15, -0.1) is 0 Å². The van der Waals surface area contributed by atoms with Gasteiger partial charge in [-0.2, -0.15) is 5.10 Å². The van der Waals surface area contributed by atoms with Crippen molar-refractivity contribution in [2.45, 2.75) is 39.0 Å². The molecule has 1 aromatic heterocycles. The third-order valence-electron chi connectivity index (χ3n) is 3.77. The van der Waals surface area contributed by atoms with Crippen LogP contribution < -0.4 is 5.32 Å². The molecule has 3 heteroatoms. The first-order valence-electron chi connectivity index (χ1n) is 6.50. The molecule has 0 bridgehead atoms. The Morgan fingerprint density at radius 2 is 2.25 bits per heavy atom. The van der Waals surface area contributed by atoms with Gasteiger partial charge < -0.3 is 5.32 Å². The highest BCUT2D eigenvalue weighted by Gasteiger charge is 2.20. The molecule has 90 valence electrons. The van der Waals surface area contributed by atoms with Crippen LogP contribution in [0.2, 0.25) is 0 Å². The average molecular weight is 221 g/mol. The van der Waals surface area contributed by atoms with E-state index in [1.165, 1.54) is 32.1 Å². The van der Waals surface area contributed by atoms with Crippen LogP contribution in [0.15, 0.2) is 12.4 Å². The highest BCUT2D eigenvalue weighted by molar-refractivity contribution is 5.37. The molecule has 3 nitrogen and oxygen atoms in total. The summed E-state index contributed by atoms with van der Waals surface area (Å²) < 4.78 is 1.85. The van der Waals surface area contributed by atoms with E-state index in [1.54, 1.807) is 0 Å². The lowest BCUT2D eigenvalue weighted by Gasteiger charge is -2.28. The lowest BCUT2D eigenvalue weighted by atomic mass is 9.80. The maximum absolute atomic E-state index is 4.17. The minimum Gasteiger partial charge on any atom is -0.382 e. The highest BCUT2D eigenvalue weighted by atomic mass is 15.3. The Labute approximate surface area is 98.2 Å². The summed E-state index contributed by atoms with van der Waals surface area (Å²) in [6.45, 7) is 3.43. The maximum Gasteiger partial charge on any atom is 0.0726 e. The second-order valence-corrected chi connectivity index (χ2v) is 5.09. The topological polar surface area (TPSA) is 29.9 Å². The third kappa shape index (κ3) is 3.00. The van der Waals surface area contributed by atoms with Gasteiger partial charge in [-0.05, 0) is 24.7 Å². The second kappa shape index (κ2) is 5.37. The average Bonchev–Trinajstić information content (AvgIpc) is 2.73. The molecule has 0 aromatic carbocycles. The van der Waals surface area contributed by atoms with Crippen LogP contribution in [0.3, 0.4) is 0 Å². The number of hydrogen-bond acceptors (Lipinski definition) is 2. The number of rotatable bonds is 4. The fourth-order valence-corrected chi connectivity index (χ4v) is 2.73. The number of anilines is 1. The summed E-state index contributed by atoms with van der Waals surface area (Å²) in [6.07, 6.45) is 11.0. The largest absolute Gasteiger partial charge is 0.382 e. The fourth-order valence-electron chi connectivity index (χ4n) is 2.73. The molecule has 0 saturated heterocycles. The van der Waals surface area contributed by atoms with Crippen molar-refractivity contribution < 1.29 is 0 Å². The quantitative estimate of drug-likeness (QED) is 0.847. The monoisotopic (exact) mass is 221 g/mol. The van der Waals surface area contributed by atoms with Crippen LogP contribution in [-0.2, 0) is 7.05 Å². The van der Waals surface area contributed by atoms with Gasteiger partial charge in [0.05, 0.1) is 11.9 Å². The molecule has 0 spiro atoms. The zero-order valence-corrected chi connectivity index (χ0v) is 10.4. The van der Waals surface area contributed by atoms with E-state index in [1.807, 2.05) is 24.1 Å². The summed E-state index contributed by atoms with van der Waals surface area (Å²) in [4.78, 5) is 0. The minimum absolute atomic E-state index is 0.860. The summed E-state index contributed by atoms with van der Waals surface area (Å²) >= 11 is 0. The number of hydrogen-bond donors (Lipinski definition) is 1. The van der Waals surface area contributed by atoms with Crippen molar-refractivity contribution in [2.75, 3.05) is 11.9 Å². The van der Waals surface area contributed by atoms with Gasteiger partial charge in [-0.25, -0.2) is 0 Å². The van der Waals surface area contributed by atoms with Crippen LogP contribution in [-0.4, -0.2) is 16.3 Å². The SMILES string of the molecule is CCC1CCCC(CNc2cnn(C)c2)C1.